The number of nitrogens with one attached hydrogen (secondary N) is 1. The van der Waals surface area contributed by atoms with Crippen LogP contribution in [0, 0.1) is 11.6 Å². The molecule has 1 aliphatic heterocycles. The normalized spacial score (nSPS) is 16.9. The van der Waals surface area contributed by atoms with E-state index in [0.717, 1.165) is 37.7 Å². The maximum atomic E-state index is 13.3. The monoisotopic (exact) mass is 419 g/mol. The summed E-state index contributed by atoms with van der Waals surface area (Å²) in [5.74, 6) is -1.14. The highest BCUT2D eigenvalue weighted by atomic mass is 32.2. The van der Waals surface area contributed by atoms with Crippen molar-refractivity contribution in [2.45, 2.75) is 17.2 Å². The van der Waals surface area contributed by atoms with Crippen LogP contribution >= 0.6 is 0 Å². The van der Waals surface area contributed by atoms with Crippen LogP contribution in [0.1, 0.15) is 17.9 Å². The molecule has 3 heterocycles. The molecule has 10 heteroatoms. The Balaban J connectivity index is 1.46. The minimum atomic E-state index is -3.97. The molecule has 29 heavy (non-hydrogen) atoms. The number of rotatable bonds is 5. The minimum absolute atomic E-state index is 0.0611. The van der Waals surface area contributed by atoms with Crippen molar-refractivity contribution in [3.8, 4) is 0 Å². The molecule has 0 amide bonds. The van der Waals surface area contributed by atoms with Crippen molar-refractivity contribution >= 4 is 21.5 Å². The van der Waals surface area contributed by atoms with Gasteiger partial charge in [-0.2, -0.15) is 5.10 Å². The van der Waals surface area contributed by atoms with E-state index in [9.17, 15) is 17.2 Å². The van der Waals surface area contributed by atoms with E-state index in [1.165, 1.54) is 17.8 Å². The van der Waals surface area contributed by atoms with Crippen LogP contribution in [0.25, 0.3) is 0 Å². The SMILES string of the molecule is Cn1cc(C2CCN(c3ccc(S(=O)(=O)Nc4ccc(F)c(F)c4)cn3)C2)cn1. The lowest BCUT2D eigenvalue weighted by molar-refractivity contribution is 0.509. The zero-order valence-electron chi connectivity index (χ0n) is 15.6. The molecule has 4 rings (SSSR count). The molecule has 1 aromatic carbocycles. The van der Waals surface area contributed by atoms with E-state index in [0.29, 0.717) is 11.7 Å². The zero-order chi connectivity index (χ0) is 20.6. The molecule has 2 aromatic heterocycles. The van der Waals surface area contributed by atoms with E-state index in [4.69, 9.17) is 0 Å². The third-order valence-electron chi connectivity index (χ3n) is 4.91. The van der Waals surface area contributed by atoms with E-state index >= 15 is 0 Å². The Labute approximate surface area is 167 Å². The standard InChI is InChI=1S/C19H19F2N5O2S/c1-25-11-14(9-23-25)13-6-7-26(12-13)19-5-3-16(10-22-19)29(27,28)24-15-2-4-17(20)18(21)8-15/h2-5,8-11,13,24H,6-7,12H2,1H3. The van der Waals surface area contributed by atoms with Crippen LogP contribution in [-0.4, -0.2) is 36.3 Å². The van der Waals surface area contributed by atoms with E-state index in [2.05, 4.69) is 19.7 Å². The largest absolute Gasteiger partial charge is 0.356 e. The number of nitrogens with zero attached hydrogens (tertiary/aromatic N) is 4. The number of sulfonamides is 1. The molecule has 7 nitrogen and oxygen atoms in total. The Morgan fingerprint density at radius 2 is 1.97 bits per heavy atom. The van der Waals surface area contributed by atoms with Gasteiger partial charge in [-0.25, -0.2) is 22.2 Å². The fourth-order valence-electron chi connectivity index (χ4n) is 3.38. The smallest absolute Gasteiger partial charge is 0.263 e. The second kappa shape index (κ2) is 7.43. The fourth-order valence-corrected chi connectivity index (χ4v) is 4.38. The van der Waals surface area contributed by atoms with Crippen LogP contribution in [0.15, 0.2) is 53.8 Å². The second-order valence-corrected chi connectivity index (χ2v) is 8.65. The van der Waals surface area contributed by atoms with Crippen molar-refractivity contribution in [3.63, 3.8) is 0 Å². The summed E-state index contributed by atoms with van der Waals surface area (Å²) in [6.07, 6.45) is 6.09. The molecule has 3 aromatic rings. The quantitative estimate of drug-likeness (QED) is 0.688. The summed E-state index contributed by atoms with van der Waals surface area (Å²) in [6.45, 7) is 1.59. The van der Waals surface area contributed by atoms with Crippen LogP contribution in [0.3, 0.4) is 0 Å². The lowest BCUT2D eigenvalue weighted by Gasteiger charge is -2.17. The van der Waals surface area contributed by atoms with Crippen molar-refractivity contribution in [2.24, 2.45) is 7.05 Å². The molecule has 0 bridgehead atoms. The number of hydrogen-bond donors (Lipinski definition) is 1. The predicted molar refractivity (Wildman–Crippen MR) is 104 cm³/mol. The van der Waals surface area contributed by atoms with Gasteiger partial charge in [-0.15, -0.1) is 0 Å². The van der Waals surface area contributed by atoms with Crippen LogP contribution in [0.2, 0.25) is 0 Å². The molecule has 0 aliphatic carbocycles. The Hall–Kier alpha value is -3.01. The summed E-state index contributed by atoms with van der Waals surface area (Å²) < 4.78 is 55.3. The molecule has 1 saturated heterocycles. The van der Waals surface area contributed by atoms with Gasteiger partial charge in [0.05, 0.1) is 11.9 Å². The number of pyridine rings is 1. The van der Waals surface area contributed by atoms with Crippen molar-refractivity contribution in [1.82, 2.24) is 14.8 Å². The molecule has 152 valence electrons. The summed E-state index contributed by atoms with van der Waals surface area (Å²) in [5.41, 5.74) is 1.11. The van der Waals surface area contributed by atoms with Gasteiger partial charge in [0, 0.05) is 44.5 Å². The van der Waals surface area contributed by atoms with Gasteiger partial charge in [-0.3, -0.25) is 9.40 Å². The highest BCUT2D eigenvalue weighted by Crippen LogP contribution is 2.30. The molecule has 0 saturated carbocycles. The molecule has 1 fully saturated rings. The van der Waals surface area contributed by atoms with Gasteiger partial charge >= 0.3 is 0 Å². The Morgan fingerprint density at radius 3 is 2.62 bits per heavy atom. The van der Waals surface area contributed by atoms with E-state index in [1.54, 1.807) is 10.7 Å². The van der Waals surface area contributed by atoms with Crippen LogP contribution in [0.5, 0.6) is 0 Å². The Kier molecular flexibility index (Phi) is 4.95. The fraction of sp³-hybridized carbons (Fsp3) is 0.263. The highest BCUT2D eigenvalue weighted by molar-refractivity contribution is 7.92. The molecular weight excluding hydrogens is 400 g/mol. The van der Waals surface area contributed by atoms with Gasteiger partial charge in [-0.1, -0.05) is 0 Å². The highest BCUT2D eigenvalue weighted by Gasteiger charge is 2.26. The lowest BCUT2D eigenvalue weighted by Crippen LogP contribution is -2.21. The molecule has 1 aliphatic rings. The maximum absolute atomic E-state index is 13.3. The van der Waals surface area contributed by atoms with Crippen LogP contribution < -0.4 is 9.62 Å². The molecule has 1 N–H and O–H groups in total. The lowest BCUT2D eigenvalue weighted by atomic mass is 10.0. The first-order valence-corrected chi connectivity index (χ1v) is 10.5. The third-order valence-corrected chi connectivity index (χ3v) is 6.28. The maximum Gasteiger partial charge on any atom is 0.263 e. The summed E-state index contributed by atoms with van der Waals surface area (Å²) in [5, 5.41) is 4.21. The number of benzene rings is 1. The Morgan fingerprint density at radius 1 is 1.14 bits per heavy atom. The third kappa shape index (κ3) is 4.07. The van der Waals surface area contributed by atoms with Gasteiger partial charge < -0.3 is 4.90 Å². The molecule has 1 atom stereocenters. The number of halogens is 2. The second-order valence-electron chi connectivity index (χ2n) is 6.97. The van der Waals surface area contributed by atoms with E-state index < -0.39 is 21.7 Å². The number of anilines is 2. The molecule has 1 unspecified atom stereocenters. The first kappa shape index (κ1) is 19.3. The van der Waals surface area contributed by atoms with Crippen molar-refractivity contribution < 1.29 is 17.2 Å². The predicted octanol–water partition coefficient (Wildman–Crippen LogP) is 2.89. The van der Waals surface area contributed by atoms with Gasteiger partial charge in [0.1, 0.15) is 10.7 Å². The zero-order valence-corrected chi connectivity index (χ0v) is 16.4. The summed E-state index contributed by atoms with van der Waals surface area (Å²) in [4.78, 5) is 6.32. The van der Waals surface area contributed by atoms with E-state index in [-0.39, 0.29) is 10.6 Å². The number of hydrogen-bond acceptors (Lipinski definition) is 5. The summed E-state index contributed by atoms with van der Waals surface area (Å²) in [7, 11) is -2.09. The van der Waals surface area contributed by atoms with E-state index in [1.807, 2.05) is 19.4 Å². The van der Waals surface area contributed by atoms with Gasteiger partial charge in [0.25, 0.3) is 10.0 Å². The number of aryl methyl sites for hydroxylation is 1. The topological polar surface area (TPSA) is 80.1 Å². The van der Waals surface area contributed by atoms with Gasteiger partial charge in [0.15, 0.2) is 11.6 Å². The van der Waals surface area contributed by atoms with Crippen molar-refractivity contribution in [1.29, 1.82) is 0 Å². The van der Waals surface area contributed by atoms with Crippen molar-refractivity contribution in [2.75, 3.05) is 22.7 Å². The molecular formula is C19H19F2N5O2S. The molecule has 0 radical (unpaired) electrons. The van der Waals surface area contributed by atoms with Crippen molar-refractivity contribution in [3.05, 3.63) is 66.1 Å². The number of aromatic nitrogens is 3. The minimum Gasteiger partial charge on any atom is -0.356 e. The van der Waals surface area contributed by atoms with Crippen LogP contribution in [-0.2, 0) is 17.1 Å². The summed E-state index contributed by atoms with van der Waals surface area (Å²) >= 11 is 0. The van der Waals surface area contributed by atoms with Gasteiger partial charge in [-0.05, 0) is 36.2 Å². The Bertz CT molecular complexity index is 1130. The average Bonchev–Trinajstić information content (AvgIpc) is 3.34. The first-order chi connectivity index (χ1) is 13.8. The average molecular weight is 419 g/mol. The molecule has 0 spiro atoms. The summed E-state index contributed by atoms with van der Waals surface area (Å²) in [6, 6.07) is 5.89. The van der Waals surface area contributed by atoms with Crippen LogP contribution in [0.4, 0.5) is 20.3 Å². The van der Waals surface area contributed by atoms with Gasteiger partial charge in [0.2, 0.25) is 0 Å². The first-order valence-electron chi connectivity index (χ1n) is 8.99.